The Morgan fingerprint density at radius 1 is 1.22 bits per heavy atom. The lowest BCUT2D eigenvalue weighted by atomic mass is 10.2. The summed E-state index contributed by atoms with van der Waals surface area (Å²) in [5, 5.41) is 8.52. The minimum Gasteiger partial charge on any atom is -0.309 e. The van der Waals surface area contributed by atoms with Gasteiger partial charge in [0, 0.05) is 23.8 Å². The molecule has 0 amide bonds. The van der Waals surface area contributed by atoms with Gasteiger partial charge in [-0.3, -0.25) is 4.68 Å². The highest BCUT2D eigenvalue weighted by Crippen LogP contribution is 2.11. The molecule has 4 heteroatoms. The van der Waals surface area contributed by atoms with Gasteiger partial charge in [0.15, 0.2) is 0 Å². The van der Waals surface area contributed by atoms with E-state index in [9.17, 15) is 0 Å². The first-order chi connectivity index (χ1) is 8.65. The van der Waals surface area contributed by atoms with Crippen LogP contribution in [0.15, 0.2) is 36.5 Å². The van der Waals surface area contributed by atoms with E-state index < -0.39 is 0 Å². The lowest BCUT2D eigenvalue weighted by molar-refractivity contribution is 0.547. The van der Waals surface area contributed by atoms with Crippen LogP contribution >= 0.6 is 11.6 Å². The maximum Gasteiger partial charge on any atom is 0.0663 e. The van der Waals surface area contributed by atoms with Crippen LogP contribution in [0, 0.1) is 0 Å². The van der Waals surface area contributed by atoms with Gasteiger partial charge in [0.1, 0.15) is 0 Å². The van der Waals surface area contributed by atoms with Gasteiger partial charge in [0.2, 0.25) is 0 Å². The van der Waals surface area contributed by atoms with Crippen LogP contribution in [0.2, 0.25) is 5.02 Å². The molecule has 1 heterocycles. The molecule has 1 aromatic heterocycles. The van der Waals surface area contributed by atoms with E-state index in [4.69, 9.17) is 11.6 Å². The second-order valence-electron chi connectivity index (χ2n) is 4.64. The summed E-state index contributed by atoms with van der Waals surface area (Å²) in [6, 6.07) is 10.4. The molecule has 0 saturated carbocycles. The van der Waals surface area contributed by atoms with Gasteiger partial charge in [0.05, 0.1) is 12.2 Å². The quantitative estimate of drug-likeness (QED) is 0.899. The molecule has 2 rings (SSSR count). The predicted octanol–water partition coefficient (Wildman–Crippen LogP) is 3.08. The Balaban J connectivity index is 2.05. The highest BCUT2D eigenvalue weighted by Gasteiger charge is 2.04. The zero-order chi connectivity index (χ0) is 13.0. The fourth-order valence-electron chi connectivity index (χ4n) is 1.72. The molecule has 96 valence electrons. The first-order valence-electron chi connectivity index (χ1n) is 6.13. The van der Waals surface area contributed by atoms with Gasteiger partial charge in [-0.2, -0.15) is 5.10 Å². The predicted molar refractivity (Wildman–Crippen MR) is 74.8 cm³/mol. The van der Waals surface area contributed by atoms with E-state index in [1.807, 2.05) is 41.2 Å². The Bertz CT molecular complexity index is 488. The van der Waals surface area contributed by atoms with Crippen molar-refractivity contribution in [1.82, 2.24) is 15.1 Å². The molecule has 18 heavy (non-hydrogen) atoms. The number of halogens is 1. The van der Waals surface area contributed by atoms with Crippen molar-refractivity contribution in [3.05, 3.63) is 52.8 Å². The van der Waals surface area contributed by atoms with Gasteiger partial charge in [-0.1, -0.05) is 37.6 Å². The van der Waals surface area contributed by atoms with Gasteiger partial charge >= 0.3 is 0 Å². The molecule has 3 nitrogen and oxygen atoms in total. The third-order valence-electron chi connectivity index (χ3n) is 2.74. The zero-order valence-corrected chi connectivity index (χ0v) is 11.5. The van der Waals surface area contributed by atoms with Crippen LogP contribution in [0.1, 0.15) is 25.1 Å². The lowest BCUT2D eigenvalue weighted by Gasteiger charge is -2.11. The molecule has 1 N–H and O–H groups in total. The average Bonchev–Trinajstić information content (AvgIpc) is 2.77. The Labute approximate surface area is 113 Å². The molecule has 0 spiro atoms. The van der Waals surface area contributed by atoms with E-state index in [2.05, 4.69) is 24.3 Å². The number of rotatable bonds is 5. The van der Waals surface area contributed by atoms with Crippen molar-refractivity contribution < 1.29 is 0 Å². The molecule has 1 aromatic carbocycles. The van der Waals surface area contributed by atoms with Crippen molar-refractivity contribution in [2.75, 3.05) is 0 Å². The number of aromatic nitrogens is 2. The topological polar surface area (TPSA) is 29.9 Å². The number of nitrogens with zero attached hydrogens (tertiary/aromatic N) is 2. The Hall–Kier alpha value is -1.32. The number of nitrogens with one attached hydrogen (secondary N) is 1. The summed E-state index contributed by atoms with van der Waals surface area (Å²) in [6.07, 6.45) is 1.84. The standard InChI is InChI=1S/C14H18ClN3/c1-11(2)16-9-14-7-8-17-18(14)10-12-3-5-13(15)6-4-12/h3-8,11,16H,9-10H2,1-2H3. The molecule has 0 bridgehead atoms. The second-order valence-corrected chi connectivity index (χ2v) is 5.08. The SMILES string of the molecule is CC(C)NCc1ccnn1Cc1ccc(Cl)cc1. The molecule has 0 aliphatic heterocycles. The molecule has 0 atom stereocenters. The van der Waals surface area contributed by atoms with Crippen LogP contribution in [-0.4, -0.2) is 15.8 Å². The molecular weight excluding hydrogens is 246 g/mol. The van der Waals surface area contributed by atoms with E-state index in [0.29, 0.717) is 6.04 Å². The van der Waals surface area contributed by atoms with Crippen LogP contribution < -0.4 is 5.32 Å². The lowest BCUT2D eigenvalue weighted by Crippen LogP contribution is -2.23. The van der Waals surface area contributed by atoms with E-state index in [0.717, 1.165) is 18.1 Å². The van der Waals surface area contributed by atoms with Crippen molar-refractivity contribution in [2.45, 2.75) is 33.0 Å². The second kappa shape index (κ2) is 6.03. The minimum absolute atomic E-state index is 0.476. The van der Waals surface area contributed by atoms with E-state index in [1.54, 1.807) is 0 Å². The minimum atomic E-state index is 0.476. The van der Waals surface area contributed by atoms with E-state index in [-0.39, 0.29) is 0 Å². The molecular formula is C14H18ClN3. The monoisotopic (exact) mass is 263 g/mol. The van der Waals surface area contributed by atoms with Gasteiger partial charge in [-0.25, -0.2) is 0 Å². The van der Waals surface area contributed by atoms with Gasteiger partial charge in [-0.05, 0) is 23.8 Å². The highest BCUT2D eigenvalue weighted by molar-refractivity contribution is 6.30. The van der Waals surface area contributed by atoms with Crippen LogP contribution in [0.25, 0.3) is 0 Å². The van der Waals surface area contributed by atoms with Crippen LogP contribution in [0.4, 0.5) is 0 Å². The maximum absolute atomic E-state index is 5.88. The van der Waals surface area contributed by atoms with Crippen molar-refractivity contribution >= 4 is 11.6 Å². The third kappa shape index (κ3) is 3.59. The summed E-state index contributed by atoms with van der Waals surface area (Å²) in [4.78, 5) is 0. The van der Waals surface area contributed by atoms with Crippen LogP contribution in [0.5, 0.6) is 0 Å². The fraction of sp³-hybridized carbons (Fsp3) is 0.357. The molecule has 0 unspecified atom stereocenters. The van der Waals surface area contributed by atoms with Gasteiger partial charge in [-0.15, -0.1) is 0 Å². The summed E-state index contributed by atoms with van der Waals surface area (Å²) in [6.45, 7) is 5.89. The Morgan fingerprint density at radius 2 is 1.94 bits per heavy atom. The van der Waals surface area contributed by atoms with E-state index >= 15 is 0 Å². The van der Waals surface area contributed by atoms with Crippen molar-refractivity contribution in [3.63, 3.8) is 0 Å². The summed E-state index contributed by atoms with van der Waals surface area (Å²) in [5.74, 6) is 0. The summed E-state index contributed by atoms with van der Waals surface area (Å²) in [5.41, 5.74) is 2.40. The summed E-state index contributed by atoms with van der Waals surface area (Å²) >= 11 is 5.88. The Kier molecular flexibility index (Phi) is 4.39. The van der Waals surface area contributed by atoms with Gasteiger partial charge in [0.25, 0.3) is 0 Å². The normalized spacial score (nSPS) is 11.1. The smallest absolute Gasteiger partial charge is 0.0663 e. The first-order valence-corrected chi connectivity index (χ1v) is 6.51. The molecule has 0 fully saturated rings. The fourth-order valence-corrected chi connectivity index (χ4v) is 1.85. The Morgan fingerprint density at radius 3 is 2.61 bits per heavy atom. The third-order valence-corrected chi connectivity index (χ3v) is 2.99. The van der Waals surface area contributed by atoms with Crippen LogP contribution in [-0.2, 0) is 13.1 Å². The largest absolute Gasteiger partial charge is 0.309 e. The zero-order valence-electron chi connectivity index (χ0n) is 10.7. The highest BCUT2D eigenvalue weighted by atomic mass is 35.5. The average molecular weight is 264 g/mol. The van der Waals surface area contributed by atoms with Crippen LogP contribution in [0.3, 0.4) is 0 Å². The van der Waals surface area contributed by atoms with E-state index in [1.165, 1.54) is 11.3 Å². The summed E-state index contributed by atoms with van der Waals surface area (Å²) < 4.78 is 2.01. The van der Waals surface area contributed by atoms with Gasteiger partial charge < -0.3 is 5.32 Å². The molecule has 0 saturated heterocycles. The summed E-state index contributed by atoms with van der Waals surface area (Å²) in [7, 11) is 0. The van der Waals surface area contributed by atoms with Crippen molar-refractivity contribution in [3.8, 4) is 0 Å². The first kappa shape index (κ1) is 13.1. The molecule has 0 aliphatic carbocycles. The number of hydrogen-bond acceptors (Lipinski definition) is 2. The molecule has 2 aromatic rings. The number of benzene rings is 1. The molecule has 0 radical (unpaired) electrons. The van der Waals surface area contributed by atoms with Crippen molar-refractivity contribution in [2.24, 2.45) is 0 Å². The maximum atomic E-state index is 5.88. The molecule has 0 aliphatic rings. The van der Waals surface area contributed by atoms with Crippen molar-refractivity contribution in [1.29, 1.82) is 0 Å². The number of hydrogen-bond donors (Lipinski definition) is 1.